The molecule has 2 aromatic heterocycles. The molecule has 0 radical (unpaired) electrons. The highest BCUT2D eigenvalue weighted by atomic mass is 35.5. The third kappa shape index (κ3) is 4.79. The van der Waals surface area contributed by atoms with E-state index < -0.39 is 18.3 Å². The minimum atomic E-state index is -0.511. The SMILES string of the molecule is C[C@H](Cc1ccc(B2OC(C)(C)C(C)(C)O2)nc1Cl)CC1OCC1c1cccc(Cl)n1. The van der Waals surface area contributed by atoms with Crippen molar-refractivity contribution in [3.05, 3.63) is 51.9 Å². The van der Waals surface area contributed by atoms with Crippen molar-refractivity contribution in [1.29, 1.82) is 0 Å². The highest BCUT2D eigenvalue weighted by molar-refractivity contribution is 6.61. The third-order valence-electron chi connectivity index (χ3n) is 6.70. The van der Waals surface area contributed by atoms with Crippen LogP contribution < -0.4 is 5.59 Å². The van der Waals surface area contributed by atoms with E-state index in [1.165, 1.54) is 0 Å². The highest BCUT2D eigenvalue weighted by Crippen LogP contribution is 2.37. The van der Waals surface area contributed by atoms with E-state index in [2.05, 4.69) is 16.9 Å². The summed E-state index contributed by atoms with van der Waals surface area (Å²) in [5.41, 5.74) is 1.91. The molecule has 2 unspecified atom stereocenters. The lowest BCUT2D eigenvalue weighted by atomic mass is 9.83. The number of hydrogen-bond donors (Lipinski definition) is 0. The molecule has 5 nitrogen and oxygen atoms in total. The summed E-state index contributed by atoms with van der Waals surface area (Å²) in [5.74, 6) is 0.675. The predicted octanol–water partition coefficient (Wildman–Crippen LogP) is 4.83. The van der Waals surface area contributed by atoms with E-state index in [9.17, 15) is 0 Å². The first-order valence-electron chi connectivity index (χ1n) is 10.8. The Morgan fingerprint density at radius 1 is 1.06 bits per heavy atom. The molecule has 8 heteroatoms. The minimum absolute atomic E-state index is 0.150. The van der Waals surface area contributed by atoms with Gasteiger partial charge in [-0.05, 0) is 70.2 Å². The number of pyridine rings is 2. The van der Waals surface area contributed by atoms with Gasteiger partial charge in [0.05, 0.1) is 41.1 Å². The molecule has 2 fully saturated rings. The Hall–Kier alpha value is -1.18. The molecule has 4 rings (SSSR count). The van der Waals surface area contributed by atoms with Crippen LogP contribution in [-0.2, 0) is 20.5 Å². The Bertz CT molecular complexity index is 940. The van der Waals surface area contributed by atoms with Crippen LogP contribution in [0.2, 0.25) is 10.3 Å². The van der Waals surface area contributed by atoms with Crippen molar-refractivity contribution in [1.82, 2.24) is 9.97 Å². The van der Waals surface area contributed by atoms with Gasteiger partial charge in [-0.15, -0.1) is 0 Å². The van der Waals surface area contributed by atoms with E-state index in [1.807, 2.05) is 52.0 Å². The Morgan fingerprint density at radius 2 is 1.77 bits per heavy atom. The molecule has 0 aromatic carbocycles. The fourth-order valence-corrected chi connectivity index (χ4v) is 4.46. The first-order valence-corrected chi connectivity index (χ1v) is 11.6. The summed E-state index contributed by atoms with van der Waals surface area (Å²) in [6, 6.07) is 9.74. The Morgan fingerprint density at radius 3 is 2.35 bits per heavy atom. The van der Waals surface area contributed by atoms with Crippen LogP contribution in [0.1, 0.15) is 58.2 Å². The lowest BCUT2D eigenvalue weighted by Gasteiger charge is -2.38. The molecule has 2 aromatic rings. The smallest absolute Gasteiger partial charge is 0.398 e. The van der Waals surface area contributed by atoms with Gasteiger partial charge in [0.2, 0.25) is 0 Å². The number of rotatable bonds is 6. The topological polar surface area (TPSA) is 53.5 Å². The fraction of sp³-hybridized carbons (Fsp3) is 0.565. The summed E-state index contributed by atoms with van der Waals surface area (Å²) >= 11 is 12.6. The fourth-order valence-electron chi connectivity index (χ4n) is 4.05. The maximum Gasteiger partial charge on any atom is 0.514 e. The van der Waals surface area contributed by atoms with Gasteiger partial charge in [0, 0.05) is 0 Å². The standard InChI is InChI=1S/C23H29BCl2N2O3/c1-14(12-18-16(13-29-18)17-7-6-8-20(25)27-17)11-15-9-10-19(28-21(15)26)24-30-22(2,3)23(4,5)31-24/h6-10,14,16,18H,11-13H2,1-5H3/t14-,16?,18?/m1/s1. The molecule has 31 heavy (non-hydrogen) atoms. The van der Waals surface area contributed by atoms with Crippen LogP contribution in [0.25, 0.3) is 0 Å². The zero-order valence-electron chi connectivity index (χ0n) is 18.7. The molecule has 166 valence electrons. The van der Waals surface area contributed by atoms with Gasteiger partial charge >= 0.3 is 7.12 Å². The van der Waals surface area contributed by atoms with E-state index in [0.29, 0.717) is 34.3 Å². The Kier molecular flexibility index (Phi) is 6.41. The predicted molar refractivity (Wildman–Crippen MR) is 124 cm³/mol. The summed E-state index contributed by atoms with van der Waals surface area (Å²) in [4.78, 5) is 9.03. The van der Waals surface area contributed by atoms with E-state index >= 15 is 0 Å². The van der Waals surface area contributed by atoms with Crippen molar-refractivity contribution < 1.29 is 14.0 Å². The summed E-state index contributed by atoms with van der Waals surface area (Å²) in [6.07, 6.45) is 1.90. The van der Waals surface area contributed by atoms with E-state index in [4.69, 9.17) is 37.2 Å². The average molecular weight is 463 g/mol. The van der Waals surface area contributed by atoms with Crippen LogP contribution >= 0.6 is 23.2 Å². The summed E-state index contributed by atoms with van der Waals surface area (Å²) in [5, 5.41) is 1.03. The van der Waals surface area contributed by atoms with Crippen LogP contribution in [0.3, 0.4) is 0 Å². The van der Waals surface area contributed by atoms with Gasteiger partial charge in [0.15, 0.2) is 0 Å². The monoisotopic (exact) mass is 462 g/mol. The zero-order chi connectivity index (χ0) is 22.4. The summed E-state index contributed by atoms with van der Waals surface area (Å²) in [7, 11) is -0.511. The van der Waals surface area contributed by atoms with E-state index in [-0.39, 0.29) is 6.10 Å². The second-order valence-corrected chi connectivity index (χ2v) is 10.4. The number of nitrogens with zero attached hydrogens (tertiary/aromatic N) is 2. The molecule has 0 N–H and O–H groups in total. The average Bonchev–Trinajstić information content (AvgIpc) is 2.88. The van der Waals surface area contributed by atoms with Crippen molar-refractivity contribution >= 4 is 35.9 Å². The Labute approximate surface area is 195 Å². The molecule has 0 saturated carbocycles. The van der Waals surface area contributed by atoms with Gasteiger partial charge < -0.3 is 14.0 Å². The zero-order valence-corrected chi connectivity index (χ0v) is 20.2. The molecular formula is C23H29BCl2N2O3. The van der Waals surface area contributed by atoms with Gasteiger partial charge in [0.1, 0.15) is 10.3 Å². The van der Waals surface area contributed by atoms with Crippen molar-refractivity contribution in [3.63, 3.8) is 0 Å². The first-order chi connectivity index (χ1) is 14.6. The lowest BCUT2D eigenvalue weighted by Crippen LogP contribution is -2.41. The number of aromatic nitrogens is 2. The van der Waals surface area contributed by atoms with Gasteiger partial charge in [-0.3, -0.25) is 0 Å². The van der Waals surface area contributed by atoms with Gasteiger partial charge in [-0.1, -0.05) is 42.3 Å². The third-order valence-corrected chi connectivity index (χ3v) is 7.24. The molecular weight excluding hydrogens is 434 g/mol. The maximum atomic E-state index is 6.54. The van der Waals surface area contributed by atoms with Crippen LogP contribution in [-0.4, -0.2) is 41.0 Å². The van der Waals surface area contributed by atoms with Crippen LogP contribution in [0.15, 0.2) is 30.3 Å². The summed E-state index contributed by atoms with van der Waals surface area (Å²) in [6.45, 7) is 11.0. The van der Waals surface area contributed by atoms with Gasteiger partial charge in [-0.25, -0.2) is 9.97 Å². The minimum Gasteiger partial charge on any atom is -0.398 e. The molecule has 4 heterocycles. The number of halogens is 2. The van der Waals surface area contributed by atoms with Gasteiger partial charge in [0.25, 0.3) is 0 Å². The largest absolute Gasteiger partial charge is 0.514 e. The molecule has 0 spiro atoms. The summed E-state index contributed by atoms with van der Waals surface area (Å²) < 4.78 is 18.0. The Balaban J connectivity index is 1.37. The van der Waals surface area contributed by atoms with Crippen LogP contribution in [0.5, 0.6) is 0 Å². The number of ether oxygens (including phenoxy) is 1. The molecule has 3 atom stereocenters. The van der Waals surface area contributed by atoms with Crippen molar-refractivity contribution in [2.75, 3.05) is 6.61 Å². The maximum absolute atomic E-state index is 6.54. The van der Waals surface area contributed by atoms with Crippen molar-refractivity contribution in [2.24, 2.45) is 5.92 Å². The molecule has 0 aliphatic carbocycles. The lowest BCUT2D eigenvalue weighted by molar-refractivity contribution is -0.0883. The number of hydrogen-bond acceptors (Lipinski definition) is 5. The van der Waals surface area contributed by atoms with E-state index in [1.54, 1.807) is 6.07 Å². The molecule has 2 aliphatic heterocycles. The highest BCUT2D eigenvalue weighted by Gasteiger charge is 2.52. The van der Waals surface area contributed by atoms with Gasteiger partial charge in [-0.2, -0.15) is 0 Å². The van der Waals surface area contributed by atoms with Crippen molar-refractivity contribution in [3.8, 4) is 0 Å². The molecule has 2 saturated heterocycles. The molecule has 0 bridgehead atoms. The second-order valence-electron chi connectivity index (χ2n) is 9.68. The molecule has 2 aliphatic rings. The van der Waals surface area contributed by atoms with Crippen LogP contribution in [0.4, 0.5) is 0 Å². The first kappa shape index (κ1) is 23.0. The quantitative estimate of drug-likeness (QED) is 0.454. The van der Waals surface area contributed by atoms with E-state index in [0.717, 1.165) is 24.1 Å². The normalized spacial score (nSPS) is 25.3. The van der Waals surface area contributed by atoms with Crippen molar-refractivity contribution in [2.45, 2.75) is 70.7 Å². The molecule has 0 amide bonds. The second kappa shape index (κ2) is 8.64. The van der Waals surface area contributed by atoms with Crippen LogP contribution in [0, 0.1) is 5.92 Å².